The molecule has 2 aliphatic rings. The Bertz CT molecular complexity index is 1010. The summed E-state index contributed by atoms with van der Waals surface area (Å²) in [6, 6.07) is 4.46. The first-order chi connectivity index (χ1) is 16.1. The standard InChI is InChI=1S/C23H33N3O7S/c1-24(2)34(30,31)18-7-8-20(25-11-5-4-6-12-25)19(15-18)23(29)33-16-21(27)26-13-9-17(10-14-26)22(28)32-3/h7-8,15,17H,4-6,9-14,16H2,1-3H3. The molecule has 2 heterocycles. The van der Waals surface area contributed by atoms with E-state index in [9.17, 15) is 22.8 Å². The molecule has 0 unspecified atom stereocenters. The molecule has 1 aromatic rings. The van der Waals surface area contributed by atoms with Crippen molar-refractivity contribution in [3.05, 3.63) is 23.8 Å². The lowest BCUT2D eigenvalue weighted by molar-refractivity contribution is -0.149. The van der Waals surface area contributed by atoms with E-state index < -0.39 is 22.6 Å². The molecule has 3 rings (SSSR count). The Morgan fingerprint density at radius 2 is 1.68 bits per heavy atom. The van der Waals surface area contributed by atoms with Gasteiger partial charge in [-0.1, -0.05) is 0 Å². The van der Waals surface area contributed by atoms with Gasteiger partial charge in [0.2, 0.25) is 10.0 Å². The average Bonchev–Trinajstić information content (AvgIpc) is 2.86. The van der Waals surface area contributed by atoms with Crippen LogP contribution < -0.4 is 4.90 Å². The van der Waals surface area contributed by atoms with E-state index in [2.05, 4.69) is 0 Å². The van der Waals surface area contributed by atoms with E-state index in [0.29, 0.717) is 31.6 Å². The smallest absolute Gasteiger partial charge is 0.340 e. The summed E-state index contributed by atoms with van der Waals surface area (Å²) in [6.45, 7) is 1.82. The third-order valence-electron chi connectivity index (χ3n) is 6.37. The Hall–Kier alpha value is -2.66. The van der Waals surface area contributed by atoms with Crippen LogP contribution in [0.5, 0.6) is 0 Å². The van der Waals surface area contributed by atoms with E-state index in [1.807, 2.05) is 4.90 Å². The van der Waals surface area contributed by atoms with Gasteiger partial charge < -0.3 is 19.3 Å². The Labute approximate surface area is 200 Å². The highest BCUT2D eigenvalue weighted by atomic mass is 32.2. The van der Waals surface area contributed by atoms with Crippen molar-refractivity contribution in [2.45, 2.75) is 37.0 Å². The predicted molar refractivity (Wildman–Crippen MR) is 125 cm³/mol. The lowest BCUT2D eigenvalue weighted by Gasteiger charge is -2.31. The third-order valence-corrected chi connectivity index (χ3v) is 8.18. The molecule has 0 radical (unpaired) electrons. The van der Waals surface area contributed by atoms with Crippen LogP contribution in [0.1, 0.15) is 42.5 Å². The zero-order valence-electron chi connectivity index (χ0n) is 20.0. The summed E-state index contributed by atoms with van der Waals surface area (Å²) in [5.41, 5.74) is 0.732. The second kappa shape index (κ2) is 11.2. The first-order valence-corrected chi connectivity index (χ1v) is 12.9. The van der Waals surface area contributed by atoms with Crippen molar-refractivity contribution in [1.82, 2.24) is 9.21 Å². The molecule has 11 heteroatoms. The van der Waals surface area contributed by atoms with E-state index >= 15 is 0 Å². The number of carbonyl (C=O) groups is 3. The van der Waals surface area contributed by atoms with Crippen molar-refractivity contribution in [1.29, 1.82) is 0 Å². The molecule has 1 amide bonds. The number of likely N-dealkylation sites (tertiary alicyclic amines) is 1. The van der Waals surface area contributed by atoms with Gasteiger partial charge in [0.25, 0.3) is 5.91 Å². The molecule has 0 spiro atoms. The van der Waals surface area contributed by atoms with Crippen molar-refractivity contribution in [2.75, 3.05) is 58.9 Å². The number of anilines is 1. The predicted octanol–water partition coefficient (Wildman–Crippen LogP) is 1.50. The molecule has 1 aromatic carbocycles. The maximum atomic E-state index is 13.0. The number of ether oxygens (including phenoxy) is 2. The Morgan fingerprint density at radius 3 is 2.26 bits per heavy atom. The fourth-order valence-electron chi connectivity index (χ4n) is 4.29. The molecular formula is C23H33N3O7S. The maximum Gasteiger partial charge on any atom is 0.340 e. The molecular weight excluding hydrogens is 462 g/mol. The molecule has 0 aromatic heterocycles. The van der Waals surface area contributed by atoms with Crippen molar-refractivity contribution in [3.63, 3.8) is 0 Å². The van der Waals surface area contributed by atoms with Crippen LogP contribution >= 0.6 is 0 Å². The summed E-state index contributed by atoms with van der Waals surface area (Å²) in [4.78, 5) is 40.9. The first kappa shape index (κ1) is 26.0. The highest BCUT2D eigenvalue weighted by Gasteiger charge is 2.29. The number of benzene rings is 1. The van der Waals surface area contributed by atoms with Crippen molar-refractivity contribution in [3.8, 4) is 0 Å². The number of esters is 2. The number of amides is 1. The molecule has 2 fully saturated rings. The summed E-state index contributed by atoms with van der Waals surface area (Å²) in [5.74, 6) is -1.61. The van der Waals surface area contributed by atoms with E-state index in [1.165, 1.54) is 33.3 Å². The Kier molecular flexibility index (Phi) is 8.53. The summed E-state index contributed by atoms with van der Waals surface area (Å²) >= 11 is 0. The molecule has 188 valence electrons. The number of piperidine rings is 2. The van der Waals surface area contributed by atoms with E-state index in [1.54, 1.807) is 11.0 Å². The molecule has 2 aliphatic heterocycles. The van der Waals surface area contributed by atoms with Crippen LogP contribution in [0.4, 0.5) is 5.69 Å². The minimum Gasteiger partial charge on any atom is -0.469 e. The fraction of sp³-hybridized carbons (Fsp3) is 0.609. The lowest BCUT2D eigenvalue weighted by atomic mass is 9.97. The zero-order chi connectivity index (χ0) is 24.9. The molecule has 0 atom stereocenters. The number of hydrogen-bond donors (Lipinski definition) is 0. The topological polar surface area (TPSA) is 114 Å². The molecule has 0 N–H and O–H groups in total. The summed E-state index contributed by atoms with van der Waals surface area (Å²) in [6.07, 6.45) is 4.05. The van der Waals surface area contributed by atoms with Gasteiger partial charge in [0.05, 0.1) is 29.2 Å². The van der Waals surface area contributed by atoms with Crippen LogP contribution in [0.25, 0.3) is 0 Å². The number of carbonyl (C=O) groups excluding carboxylic acids is 3. The van der Waals surface area contributed by atoms with Gasteiger partial charge in [-0.2, -0.15) is 0 Å². The van der Waals surface area contributed by atoms with Gasteiger partial charge in [-0.05, 0) is 50.3 Å². The number of sulfonamides is 1. The summed E-state index contributed by atoms with van der Waals surface area (Å²) in [5, 5.41) is 0. The fourth-order valence-corrected chi connectivity index (χ4v) is 5.22. The Morgan fingerprint density at radius 1 is 1.03 bits per heavy atom. The second-order valence-electron chi connectivity index (χ2n) is 8.77. The third kappa shape index (κ3) is 5.87. The van der Waals surface area contributed by atoms with Crippen LogP contribution in [0.3, 0.4) is 0 Å². The molecule has 0 bridgehead atoms. The minimum atomic E-state index is -3.75. The van der Waals surface area contributed by atoms with Gasteiger partial charge in [0.1, 0.15) is 0 Å². The van der Waals surface area contributed by atoms with Gasteiger partial charge in [0, 0.05) is 40.3 Å². The van der Waals surface area contributed by atoms with Crippen LogP contribution in [0.2, 0.25) is 0 Å². The van der Waals surface area contributed by atoms with Crippen molar-refractivity contribution < 1.29 is 32.3 Å². The van der Waals surface area contributed by atoms with Gasteiger partial charge in [0.15, 0.2) is 6.61 Å². The molecule has 0 saturated carbocycles. The maximum absolute atomic E-state index is 13.0. The summed E-state index contributed by atoms with van der Waals surface area (Å²) < 4.78 is 36.4. The highest BCUT2D eigenvalue weighted by Crippen LogP contribution is 2.28. The monoisotopic (exact) mass is 495 g/mol. The van der Waals surface area contributed by atoms with E-state index in [4.69, 9.17) is 9.47 Å². The van der Waals surface area contributed by atoms with Crippen molar-refractivity contribution >= 4 is 33.6 Å². The molecule has 34 heavy (non-hydrogen) atoms. The van der Waals surface area contributed by atoms with Crippen LogP contribution in [0, 0.1) is 5.92 Å². The largest absolute Gasteiger partial charge is 0.469 e. The van der Waals surface area contributed by atoms with Gasteiger partial charge in [-0.25, -0.2) is 17.5 Å². The summed E-state index contributed by atoms with van der Waals surface area (Å²) in [7, 11) is 0.443. The van der Waals surface area contributed by atoms with Gasteiger partial charge >= 0.3 is 11.9 Å². The molecule has 0 aliphatic carbocycles. The highest BCUT2D eigenvalue weighted by molar-refractivity contribution is 7.89. The van der Waals surface area contributed by atoms with Crippen LogP contribution in [-0.4, -0.2) is 89.5 Å². The second-order valence-corrected chi connectivity index (χ2v) is 10.9. The molecule has 10 nitrogen and oxygen atoms in total. The average molecular weight is 496 g/mol. The number of hydrogen-bond acceptors (Lipinski definition) is 8. The first-order valence-electron chi connectivity index (χ1n) is 11.5. The van der Waals surface area contributed by atoms with Crippen molar-refractivity contribution in [2.24, 2.45) is 5.92 Å². The SMILES string of the molecule is COC(=O)C1CCN(C(=O)COC(=O)c2cc(S(=O)(=O)N(C)C)ccc2N2CCCCC2)CC1. The van der Waals surface area contributed by atoms with Gasteiger partial charge in [-0.15, -0.1) is 0 Å². The number of methoxy groups -OCH3 is 1. The zero-order valence-corrected chi connectivity index (χ0v) is 20.8. The lowest BCUT2D eigenvalue weighted by Crippen LogP contribution is -2.42. The molecule has 2 saturated heterocycles. The normalized spacial score (nSPS) is 17.5. The van der Waals surface area contributed by atoms with E-state index in [0.717, 1.165) is 36.7 Å². The number of nitrogens with zero attached hydrogens (tertiary/aromatic N) is 3. The minimum absolute atomic E-state index is 0.0126. The quantitative estimate of drug-likeness (QED) is 0.523. The number of rotatable bonds is 7. The van der Waals surface area contributed by atoms with Crippen LogP contribution in [0.15, 0.2) is 23.1 Å². The van der Waals surface area contributed by atoms with E-state index in [-0.39, 0.29) is 28.3 Å². The Balaban J connectivity index is 1.73. The van der Waals surface area contributed by atoms with Gasteiger partial charge in [-0.3, -0.25) is 9.59 Å². The van der Waals surface area contributed by atoms with Crippen LogP contribution in [-0.2, 0) is 29.1 Å².